The molecule has 0 bridgehead atoms. The van der Waals surface area contributed by atoms with Gasteiger partial charge in [-0.15, -0.1) is 0 Å². The van der Waals surface area contributed by atoms with Gasteiger partial charge in [-0.2, -0.15) is 5.26 Å². The van der Waals surface area contributed by atoms with Crippen LogP contribution in [0.4, 0.5) is 0 Å². The molecule has 4 atom stereocenters. The predicted octanol–water partition coefficient (Wildman–Crippen LogP) is 3.81. The van der Waals surface area contributed by atoms with E-state index in [1.54, 1.807) is 0 Å². The van der Waals surface area contributed by atoms with Gasteiger partial charge in [-0.1, -0.05) is 38.8 Å². The Morgan fingerprint density at radius 3 is 2.57 bits per heavy atom. The Bertz CT molecular complexity index is 496. The molecule has 1 N–H and O–H groups in total. The third-order valence-corrected chi connectivity index (χ3v) is 5.28. The van der Waals surface area contributed by atoms with Gasteiger partial charge in [-0.25, -0.2) is 0 Å². The highest BCUT2D eigenvalue weighted by Crippen LogP contribution is 2.59. The first-order valence-electron chi connectivity index (χ1n) is 8.10. The van der Waals surface area contributed by atoms with E-state index >= 15 is 0 Å². The number of nitriles is 1. The van der Waals surface area contributed by atoms with Gasteiger partial charge in [0.05, 0.1) is 12.0 Å². The van der Waals surface area contributed by atoms with Crippen LogP contribution in [0.5, 0.6) is 0 Å². The van der Waals surface area contributed by atoms with Crippen molar-refractivity contribution in [1.29, 1.82) is 5.26 Å². The Morgan fingerprint density at radius 1 is 1.38 bits per heavy atom. The van der Waals surface area contributed by atoms with Crippen molar-refractivity contribution in [1.82, 2.24) is 5.32 Å². The molecule has 3 heteroatoms. The van der Waals surface area contributed by atoms with E-state index in [9.17, 15) is 10.1 Å². The summed E-state index contributed by atoms with van der Waals surface area (Å²) in [6, 6.07) is 2.40. The minimum absolute atomic E-state index is 0.00913. The Kier molecular flexibility index (Phi) is 4.19. The average Bonchev–Trinajstić information content (AvgIpc) is 2.89. The Labute approximate surface area is 128 Å². The van der Waals surface area contributed by atoms with E-state index in [1.807, 2.05) is 0 Å². The summed E-state index contributed by atoms with van der Waals surface area (Å²) in [4.78, 5) is 12.7. The monoisotopic (exact) mass is 288 g/mol. The number of hydrogen-bond acceptors (Lipinski definition) is 2. The zero-order chi connectivity index (χ0) is 15.8. The Morgan fingerprint density at radius 2 is 2.05 bits per heavy atom. The summed E-state index contributed by atoms with van der Waals surface area (Å²) in [7, 11) is 0. The van der Waals surface area contributed by atoms with Gasteiger partial charge in [-0.05, 0) is 50.4 Å². The third kappa shape index (κ3) is 3.15. The Balaban J connectivity index is 2.08. The summed E-state index contributed by atoms with van der Waals surface area (Å²) >= 11 is 0. The number of carbonyl (C=O) groups excluding carboxylic acids is 1. The van der Waals surface area contributed by atoms with E-state index in [0.29, 0.717) is 11.8 Å². The summed E-state index contributed by atoms with van der Waals surface area (Å²) < 4.78 is 0. The fraction of sp³-hybridized carbons (Fsp3) is 0.778. The fourth-order valence-corrected chi connectivity index (χ4v) is 3.96. The summed E-state index contributed by atoms with van der Waals surface area (Å²) in [6.07, 6.45) is 5.97. The van der Waals surface area contributed by atoms with Crippen LogP contribution in [0.3, 0.4) is 0 Å². The highest BCUT2D eigenvalue weighted by molar-refractivity contribution is 5.84. The molecular weight excluding hydrogens is 260 g/mol. The second-order valence-corrected chi connectivity index (χ2v) is 7.95. The quantitative estimate of drug-likeness (QED) is 0.803. The molecule has 2 aliphatic carbocycles. The lowest BCUT2D eigenvalue weighted by molar-refractivity contribution is -0.125. The second kappa shape index (κ2) is 5.48. The van der Waals surface area contributed by atoms with Crippen molar-refractivity contribution in [2.24, 2.45) is 23.2 Å². The average molecular weight is 288 g/mol. The zero-order valence-electron chi connectivity index (χ0n) is 14.0. The zero-order valence-corrected chi connectivity index (χ0v) is 14.0. The molecule has 2 saturated carbocycles. The molecule has 0 aromatic carbocycles. The van der Waals surface area contributed by atoms with E-state index in [4.69, 9.17) is 0 Å². The smallest absolute Gasteiger partial charge is 0.225 e. The van der Waals surface area contributed by atoms with Crippen LogP contribution in [-0.2, 0) is 4.79 Å². The van der Waals surface area contributed by atoms with Crippen molar-refractivity contribution < 1.29 is 4.79 Å². The van der Waals surface area contributed by atoms with Crippen LogP contribution >= 0.6 is 0 Å². The number of hydrogen-bond donors (Lipinski definition) is 1. The molecule has 21 heavy (non-hydrogen) atoms. The molecule has 0 heterocycles. The highest BCUT2D eigenvalue weighted by atomic mass is 16.2. The first kappa shape index (κ1) is 16.1. The van der Waals surface area contributed by atoms with Crippen LogP contribution in [0, 0.1) is 34.5 Å². The van der Waals surface area contributed by atoms with E-state index in [1.165, 1.54) is 5.57 Å². The van der Waals surface area contributed by atoms with Crippen molar-refractivity contribution in [3.8, 4) is 6.07 Å². The van der Waals surface area contributed by atoms with Crippen molar-refractivity contribution in [2.45, 2.75) is 65.8 Å². The van der Waals surface area contributed by atoms with Crippen LogP contribution in [0.25, 0.3) is 0 Å². The molecular formula is C18H28N2O. The van der Waals surface area contributed by atoms with Crippen molar-refractivity contribution in [2.75, 3.05) is 0 Å². The van der Waals surface area contributed by atoms with Crippen LogP contribution < -0.4 is 5.32 Å². The first-order valence-corrected chi connectivity index (χ1v) is 8.10. The molecule has 0 aliphatic heterocycles. The summed E-state index contributed by atoms with van der Waals surface area (Å²) in [5.74, 6) is 0.895. The maximum atomic E-state index is 12.7. The van der Waals surface area contributed by atoms with Gasteiger partial charge in [0.25, 0.3) is 0 Å². The van der Waals surface area contributed by atoms with Crippen molar-refractivity contribution in [3.05, 3.63) is 11.6 Å². The summed E-state index contributed by atoms with van der Waals surface area (Å²) in [5, 5.41) is 12.7. The number of rotatable bonds is 3. The van der Waals surface area contributed by atoms with Crippen LogP contribution in [0.15, 0.2) is 11.6 Å². The van der Waals surface area contributed by atoms with E-state index in [-0.39, 0.29) is 17.2 Å². The topological polar surface area (TPSA) is 52.9 Å². The van der Waals surface area contributed by atoms with Gasteiger partial charge in [0.15, 0.2) is 0 Å². The van der Waals surface area contributed by atoms with Gasteiger partial charge in [0.1, 0.15) is 5.54 Å². The molecule has 0 unspecified atom stereocenters. The third-order valence-electron chi connectivity index (χ3n) is 5.28. The standard InChI is InChI=1S/C18H28N2O/c1-12(2)9-14-15(17(14,4)5)16(21)20-18(11-19)8-6-7-13(3)10-18/h9,13-15H,6-8,10H2,1-5H3,(H,20,21)/t13-,14+,15+,18-/m0/s1. The van der Waals surface area contributed by atoms with E-state index in [2.05, 4.69) is 52.1 Å². The lowest BCUT2D eigenvalue weighted by Gasteiger charge is -2.35. The van der Waals surface area contributed by atoms with E-state index < -0.39 is 5.54 Å². The van der Waals surface area contributed by atoms with Crippen LogP contribution in [0.1, 0.15) is 60.3 Å². The molecule has 0 aromatic heterocycles. The number of amides is 1. The van der Waals surface area contributed by atoms with Gasteiger partial charge < -0.3 is 5.32 Å². The molecule has 2 rings (SSSR count). The van der Waals surface area contributed by atoms with Crippen molar-refractivity contribution in [3.63, 3.8) is 0 Å². The maximum Gasteiger partial charge on any atom is 0.225 e. The number of nitrogens with zero attached hydrogens (tertiary/aromatic N) is 1. The van der Waals surface area contributed by atoms with Gasteiger partial charge >= 0.3 is 0 Å². The summed E-state index contributed by atoms with van der Waals surface area (Å²) in [6.45, 7) is 10.6. The lowest BCUT2D eigenvalue weighted by atomic mass is 9.77. The van der Waals surface area contributed by atoms with Crippen LogP contribution in [-0.4, -0.2) is 11.4 Å². The molecule has 3 nitrogen and oxygen atoms in total. The molecule has 116 valence electrons. The predicted molar refractivity (Wildman–Crippen MR) is 84.3 cm³/mol. The molecule has 0 saturated heterocycles. The molecule has 0 aromatic rings. The molecule has 2 fully saturated rings. The second-order valence-electron chi connectivity index (χ2n) is 7.95. The number of carbonyl (C=O) groups is 1. The molecule has 0 radical (unpaired) electrons. The van der Waals surface area contributed by atoms with Gasteiger partial charge in [-0.3, -0.25) is 4.79 Å². The first-order chi connectivity index (χ1) is 9.72. The number of allylic oxidation sites excluding steroid dienone is 2. The SMILES string of the molecule is CC(C)=C[C@@H]1[C@H](C(=O)N[C@@]2(C#N)CCC[C@H](C)C2)C1(C)C. The van der Waals surface area contributed by atoms with E-state index in [0.717, 1.165) is 25.7 Å². The van der Waals surface area contributed by atoms with Gasteiger partial charge in [0, 0.05) is 0 Å². The minimum atomic E-state index is -0.636. The lowest BCUT2D eigenvalue weighted by Crippen LogP contribution is -2.51. The largest absolute Gasteiger partial charge is 0.338 e. The molecule has 0 spiro atoms. The normalized spacial score (nSPS) is 37.2. The highest BCUT2D eigenvalue weighted by Gasteiger charge is 2.61. The fourth-order valence-electron chi connectivity index (χ4n) is 3.96. The molecule has 1 amide bonds. The summed E-state index contributed by atoms with van der Waals surface area (Å²) in [5.41, 5.74) is 0.631. The Hall–Kier alpha value is -1.30. The van der Waals surface area contributed by atoms with Gasteiger partial charge in [0.2, 0.25) is 5.91 Å². The number of nitrogens with one attached hydrogen (secondary N) is 1. The van der Waals surface area contributed by atoms with Crippen molar-refractivity contribution >= 4 is 5.91 Å². The maximum absolute atomic E-state index is 12.7. The minimum Gasteiger partial charge on any atom is -0.338 e. The molecule has 2 aliphatic rings. The van der Waals surface area contributed by atoms with Crippen LogP contribution in [0.2, 0.25) is 0 Å².